The number of hydrogen-bond donors (Lipinski definition) is 1. The number of carboxylic acids is 1. The Bertz CT molecular complexity index is 312. The molecule has 0 aromatic rings. The predicted octanol–water partition coefficient (Wildman–Crippen LogP) is 1.27. The fourth-order valence-electron chi connectivity index (χ4n) is 2.80. The maximum Gasteiger partial charge on any atom is 0.303 e. The second-order valence-electron chi connectivity index (χ2n) is 5.23. The zero-order valence-corrected chi connectivity index (χ0v) is 10.6. The molecule has 0 aromatic heterocycles. The molecule has 2 fully saturated rings. The van der Waals surface area contributed by atoms with Crippen LogP contribution in [0.1, 0.15) is 38.5 Å². The van der Waals surface area contributed by atoms with E-state index in [0.29, 0.717) is 25.5 Å². The van der Waals surface area contributed by atoms with Gasteiger partial charge in [0.2, 0.25) is 0 Å². The van der Waals surface area contributed by atoms with Gasteiger partial charge >= 0.3 is 5.97 Å². The van der Waals surface area contributed by atoms with Crippen molar-refractivity contribution in [2.75, 3.05) is 19.7 Å². The van der Waals surface area contributed by atoms with Crippen molar-refractivity contribution >= 4 is 11.9 Å². The van der Waals surface area contributed by atoms with Crippen LogP contribution in [0.3, 0.4) is 0 Å². The van der Waals surface area contributed by atoms with E-state index in [2.05, 4.69) is 0 Å². The predicted molar refractivity (Wildman–Crippen MR) is 65.1 cm³/mol. The van der Waals surface area contributed by atoms with Crippen LogP contribution in [0.4, 0.5) is 0 Å². The first-order valence-corrected chi connectivity index (χ1v) is 6.79. The standard InChI is InChI=1S/C13H21NO4/c15-12(16)6-5-10-3-1-7-14(9-10)13(17)11-4-2-8-18-11/h10-11H,1-9H2,(H,15,16)/t10-,11-/m0/s1. The summed E-state index contributed by atoms with van der Waals surface area (Å²) in [5.41, 5.74) is 0. The third kappa shape index (κ3) is 3.45. The number of carbonyl (C=O) groups excluding carboxylic acids is 1. The summed E-state index contributed by atoms with van der Waals surface area (Å²) in [6, 6.07) is 0. The minimum atomic E-state index is -0.752. The maximum absolute atomic E-state index is 12.2. The summed E-state index contributed by atoms with van der Waals surface area (Å²) in [5, 5.41) is 8.69. The van der Waals surface area contributed by atoms with Crippen molar-refractivity contribution in [3.05, 3.63) is 0 Å². The maximum atomic E-state index is 12.2. The lowest BCUT2D eigenvalue weighted by Gasteiger charge is -2.34. The molecule has 5 heteroatoms. The summed E-state index contributed by atoms with van der Waals surface area (Å²) in [7, 11) is 0. The molecule has 0 aromatic carbocycles. The number of aliphatic carboxylic acids is 1. The van der Waals surface area contributed by atoms with Crippen molar-refractivity contribution in [3.8, 4) is 0 Å². The molecule has 2 aliphatic rings. The highest BCUT2D eigenvalue weighted by Crippen LogP contribution is 2.23. The van der Waals surface area contributed by atoms with Gasteiger partial charge in [-0.1, -0.05) is 0 Å². The van der Waals surface area contributed by atoms with Crippen LogP contribution in [-0.4, -0.2) is 47.7 Å². The molecule has 0 spiro atoms. The van der Waals surface area contributed by atoms with Crippen molar-refractivity contribution in [1.29, 1.82) is 0 Å². The van der Waals surface area contributed by atoms with Crippen molar-refractivity contribution in [2.24, 2.45) is 5.92 Å². The van der Waals surface area contributed by atoms with Gasteiger partial charge in [0.1, 0.15) is 6.10 Å². The van der Waals surface area contributed by atoms with Crippen molar-refractivity contribution in [2.45, 2.75) is 44.6 Å². The number of amides is 1. The van der Waals surface area contributed by atoms with Crippen LogP contribution in [-0.2, 0) is 14.3 Å². The number of nitrogens with zero attached hydrogens (tertiary/aromatic N) is 1. The lowest BCUT2D eigenvalue weighted by atomic mass is 9.93. The van der Waals surface area contributed by atoms with Crippen LogP contribution in [0, 0.1) is 5.92 Å². The summed E-state index contributed by atoms with van der Waals surface area (Å²) < 4.78 is 5.42. The number of carbonyl (C=O) groups is 2. The van der Waals surface area contributed by atoms with Crippen molar-refractivity contribution < 1.29 is 19.4 Å². The van der Waals surface area contributed by atoms with Crippen molar-refractivity contribution in [1.82, 2.24) is 4.90 Å². The Morgan fingerprint density at radius 3 is 2.78 bits per heavy atom. The van der Waals surface area contributed by atoms with E-state index in [4.69, 9.17) is 9.84 Å². The molecule has 1 amide bonds. The molecule has 2 aliphatic heterocycles. The largest absolute Gasteiger partial charge is 0.481 e. The molecule has 5 nitrogen and oxygen atoms in total. The number of carboxylic acid groups (broad SMARTS) is 1. The Kier molecular flexibility index (Phi) is 4.58. The molecule has 2 heterocycles. The summed E-state index contributed by atoms with van der Waals surface area (Å²) in [6.45, 7) is 2.18. The minimum Gasteiger partial charge on any atom is -0.481 e. The van der Waals surface area contributed by atoms with Gasteiger partial charge in [0.25, 0.3) is 5.91 Å². The first-order valence-electron chi connectivity index (χ1n) is 6.79. The van der Waals surface area contributed by atoms with Gasteiger partial charge in [-0.15, -0.1) is 0 Å². The zero-order chi connectivity index (χ0) is 13.0. The number of rotatable bonds is 4. The lowest BCUT2D eigenvalue weighted by molar-refractivity contribution is -0.142. The van der Waals surface area contributed by atoms with Crippen LogP contribution >= 0.6 is 0 Å². The Labute approximate surface area is 107 Å². The minimum absolute atomic E-state index is 0.104. The zero-order valence-electron chi connectivity index (χ0n) is 10.6. The van der Waals surface area contributed by atoms with E-state index < -0.39 is 5.97 Å². The quantitative estimate of drug-likeness (QED) is 0.821. The molecule has 0 radical (unpaired) electrons. The van der Waals surface area contributed by atoms with Gasteiger partial charge in [-0.2, -0.15) is 0 Å². The van der Waals surface area contributed by atoms with E-state index >= 15 is 0 Å². The fraction of sp³-hybridized carbons (Fsp3) is 0.846. The van der Waals surface area contributed by atoms with E-state index in [9.17, 15) is 9.59 Å². The van der Waals surface area contributed by atoms with Crippen LogP contribution in [0.15, 0.2) is 0 Å². The third-order valence-electron chi connectivity index (χ3n) is 3.80. The molecule has 2 saturated heterocycles. The van der Waals surface area contributed by atoms with Gasteiger partial charge in [-0.05, 0) is 38.0 Å². The van der Waals surface area contributed by atoms with Gasteiger partial charge in [-0.3, -0.25) is 9.59 Å². The molecule has 18 heavy (non-hydrogen) atoms. The number of piperidine rings is 1. The van der Waals surface area contributed by atoms with Crippen LogP contribution in [0.2, 0.25) is 0 Å². The monoisotopic (exact) mass is 255 g/mol. The van der Waals surface area contributed by atoms with E-state index in [1.54, 1.807) is 0 Å². The van der Waals surface area contributed by atoms with Crippen LogP contribution in [0.25, 0.3) is 0 Å². The third-order valence-corrected chi connectivity index (χ3v) is 3.80. The second kappa shape index (κ2) is 6.18. The molecule has 0 saturated carbocycles. The van der Waals surface area contributed by atoms with E-state index in [1.165, 1.54) is 0 Å². The molecule has 2 rings (SSSR count). The first kappa shape index (κ1) is 13.3. The van der Waals surface area contributed by atoms with Gasteiger partial charge in [0.15, 0.2) is 0 Å². The molecular formula is C13H21NO4. The molecule has 0 bridgehead atoms. The number of ether oxygens (including phenoxy) is 1. The highest BCUT2D eigenvalue weighted by Gasteiger charge is 2.31. The molecule has 1 N–H and O–H groups in total. The smallest absolute Gasteiger partial charge is 0.303 e. The number of likely N-dealkylation sites (tertiary alicyclic amines) is 1. The number of hydrogen-bond acceptors (Lipinski definition) is 3. The Hall–Kier alpha value is -1.10. The molecular weight excluding hydrogens is 234 g/mol. The SMILES string of the molecule is O=C(O)CC[C@@H]1CCCN(C(=O)[C@@H]2CCCO2)C1. The summed E-state index contributed by atoms with van der Waals surface area (Å²) in [6.07, 6.45) is 4.42. The van der Waals surface area contributed by atoms with Gasteiger partial charge in [0, 0.05) is 26.1 Å². The normalized spacial score (nSPS) is 28.3. The van der Waals surface area contributed by atoms with E-state index in [0.717, 1.165) is 32.2 Å². The Morgan fingerprint density at radius 2 is 2.11 bits per heavy atom. The van der Waals surface area contributed by atoms with Crippen molar-refractivity contribution in [3.63, 3.8) is 0 Å². The summed E-state index contributed by atoms with van der Waals surface area (Å²) in [5.74, 6) is -0.315. The van der Waals surface area contributed by atoms with Gasteiger partial charge in [0.05, 0.1) is 0 Å². The second-order valence-corrected chi connectivity index (χ2v) is 5.23. The van der Waals surface area contributed by atoms with E-state index in [-0.39, 0.29) is 18.4 Å². The lowest BCUT2D eigenvalue weighted by Crippen LogP contribution is -2.44. The topological polar surface area (TPSA) is 66.8 Å². The highest BCUT2D eigenvalue weighted by atomic mass is 16.5. The Morgan fingerprint density at radius 1 is 1.28 bits per heavy atom. The van der Waals surface area contributed by atoms with E-state index in [1.807, 2.05) is 4.90 Å². The van der Waals surface area contributed by atoms with Gasteiger partial charge < -0.3 is 14.7 Å². The summed E-state index contributed by atoms with van der Waals surface area (Å²) in [4.78, 5) is 24.6. The average molecular weight is 255 g/mol. The van der Waals surface area contributed by atoms with Crippen LogP contribution < -0.4 is 0 Å². The molecule has 0 aliphatic carbocycles. The molecule has 102 valence electrons. The highest BCUT2D eigenvalue weighted by molar-refractivity contribution is 5.81. The fourth-order valence-corrected chi connectivity index (χ4v) is 2.80. The van der Waals surface area contributed by atoms with Crippen LogP contribution in [0.5, 0.6) is 0 Å². The Balaban J connectivity index is 1.81. The first-order chi connectivity index (χ1) is 8.66. The molecule has 2 atom stereocenters. The van der Waals surface area contributed by atoms with Gasteiger partial charge in [-0.25, -0.2) is 0 Å². The molecule has 0 unspecified atom stereocenters. The average Bonchev–Trinajstić information content (AvgIpc) is 2.89. The summed E-state index contributed by atoms with van der Waals surface area (Å²) >= 11 is 0.